The van der Waals surface area contributed by atoms with Crippen LogP contribution in [0.5, 0.6) is 5.75 Å². The first-order valence-electron chi connectivity index (χ1n) is 4.23. The fourth-order valence-corrected chi connectivity index (χ4v) is 1.42. The zero-order valence-corrected chi connectivity index (χ0v) is 7.67. The number of fused-ring (bicyclic) bond motifs is 1. The van der Waals surface area contributed by atoms with Gasteiger partial charge in [0.15, 0.2) is 12.6 Å². The average Bonchev–Trinajstić information content (AvgIpc) is 2.18. The molecule has 0 aromatic heterocycles. The summed E-state index contributed by atoms with van der Waals surface area (Å²) in [6, 6.07) is 2.69. The van der Waals surface area contributed by atoms with Gasteiger partial charge in [-0.1, -0.05) is 0 Å². The van der Waals surface area contributed by atoms with E-state index in [9.17, 15) is 9.18 Å². The minimum absolute atomic E-state index is 0.0662. The molecule has 0 N–H and O–H groups in total. The fraction of sp³-hybridized carbons (Fsp3) is 0.300. The molecule has 0 fully saturated rings. The third-order valence-corrected chi connectivity index (χ3v) is 2.12. The molecule has 0 unspecified atom stereocenters. The second-order valence-corrected chi connectivity index (χ2v) is 3.07. The third-order valence-electron chi connectivity index (χ3n) is 2.12. The maximum absolute atomic E-state index is 13.2. The topological polar surface area (TPSA) is 35.5 Å². The molecular weight excluding hydrogens is 187 g/mol. The average molecular weight is 196 g/mol. The Morgan fingerprint density at radius 2 is 2.29 bits per heavy atom. The quantitative estimate of drug-likeness (QED) is 0.643. The summed E-state index contributed by atoms with van der Waals surface area (Å²) in [5.41, 5.74) is 0.730. The number of carbonyl (C=O) groups excluding carboxylic acids is 1. The van der Waals surface area contributed by atoms with Gasteiger partial charge in [-0.15, -0.1) is 0 Å². The normalized spacial score (nSPS) is 14.4. The van der Waals surface area contributed by atoms with E-state index < -0.39 is 5.82 Å². The predicted molar refractivity (Wildman–Crippen MR) is 46.7 cm³/mol. The Bertz CT molecular complexity index is 387. The summed E-state index contributed by atoms with van der Waals surface area (Å²) in [6.45, 7) is 1.64. The smallest absolute Gasteiger partial charge is 0.189 e. The minimum atomic E-state index is -0.398. The Morgan fingerprint density at radius 3 is 3.00 bits per heavy atom. The van der Waals surface area contributed by atoms with Gasteiger partial charge in [-0.25, -0.2) is 4.39 Å². The van der Waals surface area contributed by atoms with Gasteiger partial charge in [0.05, 0.1) is 17.7 Å². The number of hydrogen-bond acceptors (Lipinski definition) is 3. The van der Waals surface area contributed by atoms with E-state index in [-0.39, 0.29) is 19.2 Å². The molecule has 0 atom stereocenters. The summed E-state index contributed by atoms with van der Waals surface area (Å²) < 4.78 is 23.3. The lowest BCUT2D eigenvalue weighted by molar-refractivity contribution is -0.0186. The van der Waals surface area contributed by atoms with Crippen molar-refractivity contribution >= 4 is 5.78 Å². The first-order valence-corrected chi connectivity index (χ1v) is 4.23. The molecular formula is C10H9FO3. The number of ketones is 1. The van der Waals surface area contributed by atoms with Gasteiger partial charge in [-0.2, -0.15) is 0 Å². The summed E-state index contributed by atoms with van der Waals surface area (Å²) in [5, 5.41) is 0. The van der Waals surface area contributed by atoms with Crippen molar-refractivity contribution in [1.29, 1.82) is 0 Å². The van der Waals surface area contributed by atoms with Gasteiger partial charge in [0.1, 0.15) is 11.6 Å². The number of hydrogen-bond donors (Lipinski definition) is 0. The Kier molecular flexibility index (Phi) is 2.21. The molecule has 0 aliphatic carbocycles. The summed E-state index contributed by atoms with van der Waals surface area (Å²) >= 11 is 0. The molecule has 0 bridgehead atoms. The Balaban J connectivity index is 2.59. The molecule has 2 rings (SSSR count). The molecule has 1 aromatic carbocycles. The first-order chi connectivity index (χ1) is 6.70. The zero-order chi connectivity index (χ0) is 10.1. The SMILES string of the molecule is CC(=O)c1ccc(F)c2c1OCOC2. The summed E-state index contributed by atoms with van der Waals surface area (Å²) in [4.78, 5) is 11.2. The first kappa shape index (κ1) is 9.15. The number of rotatable bonds is 1. The van der Waals surface area contributed by atoms with Gasteiger partial charge in [0, 0.05) is 0 Å². The van der Waals surface area contributed by atoms with Crippen LogP contribution in [0, 0.1) is 5.82 Å². The highest BCUT2D eigenvalue weighted by atomic mass is 19.1. The van der Waals surface area contributed by atoms with Gasteiger partial charge in [-0.05, 0) is 19.1 Å². The predicted octanol–water partition coefficient (Wildman–Crippen LogP) is 1.89. The number of carbonyl (C=O) groups is 1. The van der Waals surface area contributed by atoms with Crippen LogP contribution in [0.15, 0.2) is 12.1 Å². The van der Waals surface area contributed by atoms with Crippen molar-refractivity contribution in [3.05, 3.63) is 29.1 Å². The van der Waals surface area contributed by atoms with E-state index in [1.807, 2.05) is 0 Å². The molecule has 4 heteroatoms. The largest absolute Gasteiger partial charge is 0.466 e. The second-order valence-electron chi connectivity index (χ2n) is 3.07. The molecule has 1 heterocycles. The van der Waals surface area contributed by atoms with Crippen LogP contribution < -0.4 is 4.74 Å². The van der Waals surface area contributed by atoms with Gasteiger partial charge in [-0.3, -0.25) is 4.79 Å². The van der Waals surface area contributed by atoms with Crippen LogP contribution in [0.1, 0.15) is 22.8 Å². The maximum atomic E-state index is 13.2. The minimum Gasteiger partial charge on any atom is -0.466 e. The lowest BCUT2D eigenvalue weighted by Gasteiger charge is -2.19. The number of halogens is 1. The van der Waals surface area contributed by atoms with Gasteiger partial charge >= 0.3 is 0 Å². The molecule has 74 valence electrons. The molecule has 14 heavy (non-hydrogen) atoms. The van der Waals surface area contributed by atoms with Gasteiger partial charge < -0.3 is 9.47 Å². The highest BCUT2D eigenvalue weighted by Gasteiger charge is 2.20. The fourth-order valence-electron chi connectivity index (χ4n) is 1.42. The molecule has 1 aliphatic rings. The molecule has 1 aliphatic heterocycles. The third kappa shape index (κ3) is 1.37. The molecule has 0 radical (unpaired) electrons. The van der Waals surface area contributed by atoms with Crippen molar-refractivity contribution in [1.82, 2.24) is 0 Å². The van der Waals surface area contributed by atoms with E-state index in [1.54, 1.807) is 0 Å². The maximum Gasteiger partial charge on any atom is 0.189 e. The Hall–Kier alpha value is -1.42. The van der Waals surface area contributed by atoms with E-state index in [1.165, 1.54) is 19.1 Å². The summed E-state index contributed by atoms with van der Waals surface area (Å²) in [7, 11) is 0. The lowest BCUT2D eigenvalue weighted by atomic mass is 10.1. The van der Waals surface area contributed by atoms with E-state index >= 15 is 0 Å². The molecule has 0 amide bonds. The van der Waals surface area contributed by atoms with E-state index in [4.69, 9.17) is 9.47 Å². The highest BCUT2D eigenvalue weighted by molar-refractivity contribution is 5.97. The Morgan fingerprint density at radius 1 is 1.50 bits per heavy atom. The number of benzene rings is 1. The van der Waals surface area contributed by atoms with Crippen LogP contribution in [0.25, 0.3) is 0 Å². The molecule has 3 nitrogen and oxygen atoms in total. The standard InChI is InChI=1S/C10H9FO3/c1-6(12)7-2-3-9(11)8-4-13-5-14-10(7)8/h2-3H,4-5H2,1H3. The highest BCUT2D eigenvalue weighted by Crippen LogP contribution is 2.30. The van der Waals surface area contributed by atoms with Gasteiger partial charge in [0.2, 0.25) is 0 Å². The molecule has 0 saturated carbocycles. The van der Waals surface area contributed by atoms with Crippen LogP contribution >= 0.6 is 0 Å². The van der Waals surface area contributed by atoms with Crippen LogP contribution in [-0.2, 0) is 11.3 Å². The van der Waals surface area contributed by atoms with Crippen molar-refractivity contribution in [3.63, 3.8) is 0 Å². The van der Waals surface area contributed by atoms with E-state index in [0.717, 1.165) is 0 Å². The molecule has 0 saturated heterocycles. The van der Waals surface area contributed by atoms with Crippen molar-refractivity contribution in [3.8, 4) is 5.75 Å². The van der Waals surface area contributed by atoms with E-state index in [0.29, 0.717) is 16.9 Å². The van der Waals surface area contributed by atoms with E-state index in [2.05, 4.69) is 0 Å². The van der Waals surface area contributed by atoms with Crippen molar-refractivity contribution in [2.75, 3.05) is 6.79 Å². The second kappa shape index (κ2) is 3.38. The van der Waals surface area contributed by atoms with Crippen LogP contribution in [-0.4, -0.2) is 12.6 Å². The monoisotopic (exact) mass is 196 g/mol. The molecule has 1 aromatic rings. The van der Waals surface area contributed by atoms with Crippen LogP contribution in [0.2, 0.25) is 0 Å². The van der Waals surface area contributed by atoms with Crippen LogP contribution in [0.4, 0.5) is 4.39 Å². The van der Waals surface area contributed by atoms with Crippen molar-refractivity contribution in [2.24, 2.45) is 0 Å². The lowest BCUT2D eigenvalue weighted by Crippen LogP contribution is -2.15. The van der Waals surface area contributed by atoms with Crippen molar-refractivity contribution in [2.45, 2.75) is 13.5 Å². The number of Topliss-reactive ketones (excluding diaryl/α,β-unsaturated/α-hetero) is 1. The van der Waals surface area contributed by atoms with Gasteiger partial charge in [0.25, 0.3) is 0 Å². The summed E-state index contributed by atoms with van der Waals surface area (Å²) in [6.07, 6.45) is 0. The molecule has 0 spiro atoms. The Labute approximate surface area is 80.4 Å². The zero-order valence-electron chi connectivity index (χ0n) is 7.67. The van der Waals surface area contributed by atoms with Crippen molar-refractivity contribution < 1.29 is 18.7 Å². The number of ether oxygens (including phenoxy) is 2. The van der Waals surface area contributed by atoms with Crippen LogP contribution in [0.3, 0.4) is 0 Å². The summed E-state index contributed by atoms with van der Waals surface area (Å²) in [5.74, 6) is -0.211.